The van der Waals surface area contributed by atoms with Crippen molar-refractivity contribution in [3.8, 4) is 0 Å². The number of esters is 1. The maximum Gasteiger partial charge on any atom is 0.425 e. The number of aliphatic hydroxyl groups is 1. The predicted octanol–water partition coefficient (Wildman–Crippen LogP) is 2.57. The molecule has 0 amide bonds. The van der Waals surface area contributed by atoms with Gasteiger partial charge in [-0.05, 0) is 12.8 Å². The molecule has 0 heterocycles. The predicted molar refractivity (Wildman–Crippen MR) is 47.5 cm³/mol. The van der Waals surface area contributed by atoms with Crippen LogP contribution in [0, 0.1) is 0 Å². The maximum absolute atomic E-state index is 12.3. The van der Waals surface area contributed by atoms with Gasteiger partial charge in [-0.15, -0.1) is 0 Å². The topological polar surface area (TPSA) is 46.5 Å². The van der Waals surface area contributed by atoms with Gasteiger partial charge >= 0.3 is 18.3 Å². The molecule has 0 fully saturated rings. The van der Waals surface area contributed by atoms with E-state index in [1.807, 2.05) is 0 Å². The Labute approximate surface area is 98.7 Å². The number of hydrogen-bond donors (Lipinski definition) is 1. The fourth-order valence-corrected chi connectivity index (χ4v) is 1.02. The van der Waals surface area contributed by atoms with E-state index in [1.165, 1.54) is 0 Å². The molecule has 0 aliphatic carbocycles. The average Bonchev–Trinajstić information content (AvgIpc) is 2.19. The molecule has 0 aromatic rings. The average molecular weight is 282 g/mol. The molecule has 0 radical (unpaired) electrons. The molecule has 108 valence electrons. The highest BCUT2D eigenvalue weighted by Crippen LogP contribution is 2.29. The summed E-state index contributed by atoms with van der Waals surface area (Å²) >= 11 is 0. The summed E-state index contributed by atoms with van der Waals surface area (Å²) in [6.07, 6.45) is -16.8. The normalized spacial score (nSPS) is 16.2. The Morgan fingerprint density at radius 2 is 1.67 bits per heavy atom. The molecule has 9 heteroatoms. The van der Waals surface area contributed by atoms with Gasteiger partial charge in [0.15, 0.2) is 6.10 Å². The van der Waals surface area contributed by atoms with Crippen molar-refractivity contribution in [2.45, 2.75) is 50.7 Å². The molecule has 0 saturated heterocycles. The summed E-state index contributed by atoms with van der Waals surface area (Å²) in [7, 11) is 0. The van der Waals surface area contributed by atoms with Crippen molar-refractivity contribution in [2.24, 2.45) is 0 Å². The third kappa shape index (κ3) is 5.56. The summed E-state index contributed by atoms with van der Waals surface area (Å²) in [4.78, 5) is 10.7. The summed E-state index contributed by atoms with van der Waals surface area (Å²) < 4.78 is 76.2. The van der Waals surface area contributed by atoms with E-state index >= 15 is 0 Å². The van der Waals surface area contributed by atoms with Crippen LogP contribution in [0.3, 0.4) is 0 Å². The zero-order chi connectivity index (χ0) is 14.6. The molecule has 0 saturated carbocycles. The number of aliphatic hydroxyl groups excluding tert-OH is 1. The Balaban J connectivity index is 4.64. The molecular formula is C9H12F6O3. The molecule has 3 nitrogen and oxygen atoms in total. The van der Waals surface area contributed by atoms with Crippen LogP contribution in [0.1, 0.15) is 26.2 Å². The zero-order valence-corrected chi connectivity index (χ0v) is 9.31. The molecule has 0 aromatic heterocycles. The molecule has 0 aromatic carbocycles. The van der Waals surface area contributed by atoms with Gasteiger partial charge in [0.2, 0.25) is 6.10 Å². The van der Waals surface area contributed by atoms with E-state index in [0.717, 1.165) is 0 Å². The number of halogens is 6. The van der Waals surface area contributed by atoms with Crippen LogP contribution in [-0.4, -0.2) is 35.6 Å². The lowest BCUT2D eigenvalue weighted by Gasteiger charge is -2.22. The first-order chi connectivity index (χ1) is 8.00. The van der Waals surface area contributed by atoms with E-state index < -0.39 is 37.0 Å². The molecule has 0 rings (SSSR count). The third-order valence-corrected chi connectivity index (χ3v) is 1.98. The Bertz CT molecular complexity index is 272. The Kier molecular flexibility index (Phi) is 5.91. The van der Waals surface area contributed by atoms with E-state index in [0.29, 0.717) is 6.42 Å². The summed E-state index contributed by atoms with van der Waals surface area (Å²) in [5, 5.41) is 8.43. The van der Waals surface area contributed by atoms with Gasteiger partial charge in [0.25, 0.3) is 0 Å². The van der Waals surface area contributed by atoms with E-state index in [1.54, 1.807) is 6.92 Å². The summed E-state index contributed by atoms with van der Waals surface area (Å²) in [6.45, 7) is 1.57. The second-order valence-corrected chi connectivity index (χ2v) is 3.55. The fraction of sp³-hybridized carbons (Fsp3) is 0.889. The van der Waals surface area contributed by atoms with Gasteiger partial charge in [0.05, 0.1) is 0 Å². The minimum absolute atomic E-state index is 0.0274. The number of ether oxygens (including phenoxy) is 1. The number of hydrogen-bond acceptors (Lipinski definition) is 3. The molecule has 0 bridgehead atoms. The van der Waals surface area contributed by atoms with Crippen molar-refractivity contribution >= 4 is 5.97 Å². The Morgan fingerprint density at radius 1 is 1.17 bits per heavy atom. The molecular weight excluding hydrogens is 270 g/mol. The van der Waals surface area contributed by atoms with Crippen LogP contribution in [-0.2, 0) is 9.53 Å². The van der Waals surface area contributed by atoms with Crippen LogP contribution in [0.25, 0.3) is 0 Å². The quantitative estimate of drug-likeness (QED) is 0.622. The number of alkyl halides is 6. The third-order valence-electron chi connectivity index (χ3n) is 1.98. The maximum atomic E-state index is 12.3. The lowest BCUT2D eigenvalue weighted by molar-refractivity contribution is -0.247. The summed E-state index contributed by atoms with van der Waals surface area (Å²) in [6, 6.07) is 0. The van der Waals surface area contributed by atoms with Crippen molar-refractivity contribution in [3.05, 3.63) is 0 Å². The van der Waals surface area contributed by atoms with Crippen molar-refractivity contribution in [2.75, 3.05) is 0 Å². The van der Waals surface area contributed by atoms with Crippen LogP contribution in [0.4, 0.5) is 26.3 Å². The van der Waals surface area contributed by atoms with Crippen molar-refractivity contribution in [1.29, 1.82) is 0 Å². The second kappa shape index (κ2) is 6.26. The first-order valence-corrected chi connectivity index (χ1v) is 5.02. The highest BCUT2D eigenvalue weighted by atomic mass is 19.4. The van der Waals surface area contributed by atoms with Gasteiger partial charge in [-0.25, -0.2) is 4.79 Å². The highest BCUT2D eigenvalue weighted by Gasteiger charge is 2.49. The molecule has 1 unspecified atom stereocenters. The summed E-state index contributed by atoms with van der Waals surface area (Å²) in [5.41, 5.74) is 0. The van der Waals surface area contributed by atoms with Crippen LogP contribution in [0.5, 0.6) is 0 Å². The van der Waals surface area contributed by atoms with Gasteiger partial charge in [0.1, 0.15) is 0 Å². The molecule has 1 N–H and O–H groups in total. The first-order valence-electron chi connectivity index (χ1n) is 5.02. The fourth-order valence-electron chi connectivity index (χ4n) is 1.02. The smallest absolute Gasteiger partial charge is 0.425 e. The van der Waals surface area contributed by atoms with Gasteiger partial charge in [0, 0.05) is 0 Å². The van der Waals surface area contributed by atoms with Gasteiger partial charge < -0.3 is 9.84 Å². The van der Waals surface area contributed by atoms with Gasteiger partial charge in [-0.3, -0.25) is 0 Å². The second-order valence-electron chi connectivity index (χ2n) is 3.55. The molecule has 0 aliphatic rings. The van der Waals surface area contributed by atoms with Crippen molar-refractivity contribution < 1.29 is 41.0 Å². The van der Waals surface area contributed by atoms with Crippen LogP contribution in [0.15, 0.2) is 0 Å². The van der Waals surface area contributed by atoms with Gasteiger partial charge in [-0.1, -0.05) is 13.3 Å². The number of unbranched alkanes of at least 4 members (excludes halogenated alkanes) is 1. The van der Waals surface area contributed by atoms with Crippen molar-refractivity contribution in [3.63, 3.8) is 0 Å². The molecule has 2 atom stereocenters. The SMILES string of the molecule is CCCCC(OC(=O)[C@H](O)C(F)(F)F)C(F)(F)F. The lowest BCUT2D eigenvalue weighted by Crippen LogP contribution is -2.42. The highest BCUT2D eigenvalue weighted by molar-refractivity contribution is 5.75. The van der Waals surface area contributed by atoms with Crippen molar-refractivity contribution in [1.82, 2.24) is 0 Å². The minimum Gasteiger partial charge on any atom is -0.451 e. The first kappa shape index (κ1) is 17.0. The van der Waals surface area contributed by atoms with Crippen LogP contribution in [0.2, 0.25) is 0 Å². The van der Waals surface area contributed by atoms with E-state index in [-0.39, 0.29) is 6.42 Å². The van der Waals surface area contributed by atoms with E-state index in [4.69, 9.17) is 5.11 Å². The number of carbonyl (C=O) groups is 1. The number of rotatable bonds is 5. The minimum atomic E-state index is -5.35. The molecule has 0 aliphatic heterocycles. The van der Waals surface area contributed by atoms with E-state index in [2.05, 4.69) is 4.74 Å². The zero-order valence-electron chi connectivity index (χ0n) is 9.31. The molecule has 18 heavy (non-hydrogen) atoms. The molecule has 0 spiro atoms. The lowest BCUT2D eigenvalue weighted by atomic mass is 10.1. The number of carbonyl (C=O) groups excluding carboxylic acids is 1. The standard InChI is InChI=1S/C9H12F6O3/c1-2-3-4-5(8(10,11)12)18-7(17)6(16)9(13,14)15/h5-6,16H,2-4H2,1H3/t5?,6-/m0/s1. The Hall–Kier alpha value is -0.990. The van der Waals surface area contributed by atoms with Crippen LogP contribution >= 0.6 is 0 Å². The van der Waals surface area contributed by atoms with Crippen LogP contribution < -0.4 is 0 Å². The largest absolute Gasteiger partial charge is 0.451 e. The summed E-state index contributed by atoms with van der Waals surface area (Å²) in [5.74, 6) is -2.35. The van der Waals surface area contributed by atoms with E-state index in [9.17, 15) is 31.1 Å². The van der Waals surface area contributed by atoms with Gasteiger partial charge in [-0.2, -0.15) is 26.3 Å². The monoisotopic (exact) mass is 282 g/mol. The Morgan fingerprint density at radius 3 is 2.00 bits per heavy atom.